The van der Waals surface area contributed by atoms with Crippen LogP contribution in [0.25, 0.3) is 0 Å². The number of pyridine rings is 1. The molecule has 1 aromatic rings. The second-order valence-electron chi connectivity index (χ2n) is 4.23. The van der Waals surface area contributed by atoms with Gasteiger partial charge in [0.05, 0.1) is 12.1 Å². The van der Waals surface area contributed by atoms with E-state index in [9.17, 15) is 4.79 Å². The summed E-state index contributed by atoms with van der Waals surface area (Å²) in [6, 6.07) is 5.11. The first kappa shape index (κ1) is 11.9. The summed E-state index contributed by atoms with van der Waals surface area (Å²) in [4.78, 5) is 15.9. The number of carbonyl (C=O) groups is 1. The van der Waals surface area contributed by atoms with Gasteiger partial charge in [0.25, 0.3) is 5.91 Å². The Labute approximate surface area is 100 Å². The number of hydrogen-bond acceptors (Lipinski definition) is 4. The van der Waals surface area contributed by atoms with Gasteiger partial charge in [0.15, 0.2) is 0 Å². The third-order valence-corrected chi connectivity index (χ3v) is 3.08. The van der Waals surface area contributed by atoms with Crippen LogP contribution in [0.4, 0.5) is 5.82 Å². The second-order valence-corrected chi connectivity index (χ2v) is 4.23. The van der Waals surface area contributed by atoms with Crippen LogP contribution in [0.3, 0.4) is 0 Å². The highest BCUT2D eigenvalue weighted by Gasteiger charge is 2.28. The van der Waals surface area contributed by atoms with E-state index in [1.165, 1.54) is 0 Å². The number of nitrogens with two attached hydrogens (primary N) is 1. The van der Waals surface area contributed by atoms with Gasteiger partial charge in [-0.05, 0) is 31.4 Å². The van der Waals surface area contributed by atoms with E-state index in [0.29, 0.717) is 11.5 Å². The van der Waals surface area contributed by atoms with Crippen molar-refractivity contribution in [1.82, 2.24) is 10.3 Å². The van der Waals surface area contributed by atoms with Crippen molar-refractivity contribution in [1.29, 1.82) is 0 Å². The molecule has 5 nitrogen and oxygen atoms in total. The SMILES string of the molecule is COC1CCCC1NC(=O)c1cccc(N)n1. The fraction of sp³-hybridized carbons (Fsp3) is 0.500. The van der Waals surface area contributed by atoms with Crippen LogP contribution in [0.1, 0.15) is 29.8 Å². The Morgan fingerprint density at radius 2 is 2.35 bits per heavy atom. The summed E-state index contributed by atoms with van der Waals surface area (Å²) in [5.41, 5.74) is 5.90. The largest absolute Gasteiger partial charge is 0.384 e. The summed E-state index contributed by atoms with van der Waals surface area (Å²) in [5.74, 6) is 0.165. The first-order valence-electron chi connectivity index (χ1n) is 5.77. The number of ether oxygens (including phenoxy) is 1. The van der Waals surface area contributed by atoms with E-state index in [4.69, 9.17) is 10.5 Å². The van der Waals surface area contributed by atoms with Gasteiger partial charge in [0.1, 0.15) is 11.5 Å². The Kier molecular flexibility index (Phi) is 3.58. The van der Waals surface area contributed by atoms with Crippen LogP contribution in [0.2, 0.25) is 0 Å². The van der Waals surface area contributed by atoms with Crippen molar-refractivity contribution < 1.29 is 9.53 Å². The molecule has 2 rings (SSSR count). The monoisotopic (exact) mass is 235 g/mol. The van der Waals surface area contributed by atoms with Crippen molar-refractivity contribution in [3.63, 3.8) is 0 Å². The van der Waals surface area contributed by atoms with Crippen LogP contribution in [-0.4, -0.2) is 30.1 Å². The molecule has 5 heteroatoms. The Bertz CT molecular complexity index is 408. The van der Waals surface area contributed by atoms with Crippen LogP contribution in [0, 0.1) is 0 Å². The number of hydrogen-bond donors (Lipinski definition) is 2. The normalized spacial score (nSPS) is 23.6. The lowest BCUT2D eigenvalue weighted by Gasteiger charge is -2.19. The minimum Gasteiger partial charge on any atom is -0.384 e. The molecule has 3 N–H and O–H groups in total. The lowest BCUT2D eigenvalue weighted by molar-refractivity contribution is 0.0719. The maximum Gasteiger partial charge on any atom is 0.270 e. The van der Waals surface area contributed by atoms with E-state index < -0.39 is 0 Å². The maximum atomic E-state index is 11.9. The van der Waals surface area contributed by atoms with Crippen LogP contribution in [0.15, 0.2) is 18.2 Å². The van der Waals surface area contributed by atoms with Gasteiger partial charge in [-0.1, -0.05) is 6.07 Å². The number of nitrogens with one attached hydrogen (secondary N) is 1. The van der Waals surface area contributed by atoms with E-state index in [1.54, 1.807) is 25.3 Å². The van der Waals surface area contributed by atoms with Crippen molar-refractivity contribution in [2.24, 2.45) is 0 Å². The van der Waals surface area contributed by atoms with E-state index in [2.05, 4.69) is 10.3 Å². The average Bonchev–Trinajstić information content (AvgIpc) is 2.76. The zero-order valence-electron chi connectivity index (χ0n) is 9.85. The quantitative estimate of drug-likeness (QED) is 0.818. The molecule has 1 amide bonds. The summed E-state index contributed by atoms with van der Waals surface area (Å²) in [5, 5.41) is 2.94. The molecule has 2 atom stereocenters. The lowest BCUT2D eigenvalue weighted by atomic mass is 10.2. The van der Waals surface area contributed by atoms with E-state index >= 15 is 0 Å². The molecule has 0 spiro atoms. The molecule has 0 saturated heterocycles. The minimum atomic E-state index is -0.189. The van der Waals surface area contributed by atoms with Gasteiger partial charge in [-0.15, -0.1) is 0 Å². The van der Waals surface area contributed by atoms with Gasteiger partial charge >= 0.3 is 0 Å². The number of anilines is 1. The molecule has 1 saturated carbocycles. The molecule has 2 unspecified atom stereocenters. The Balaban J connectivity index is 2.01. The molecule has 0 bridgehead atoms. The highest BCUT2D eigenvalue weighted by molar-refractivity contribution is 5.92. The molecular formula is C12H17N3O2. The summed E-state index contributed by atoms with van der Waals surface area (Å²) in [6.07, 6.45) is 3.13. The number of rotatable bonds is 3. The van der Waals surface area contributed by atoms with Crippen LogP contribution >= 0.6 is 0 Å². The summed E-state index contributed by atoms with van der Waals surface area (Å²) in [6.45, 7) is 0. The molecule has 0 aliphatic heterocycles. The fourth-order valence-corrected chi connectivity index (χ4v) is 2.19. The Hall–Kier alpha value is -1.62. The highest BCUT2D eigenvalue weighted by Crippen LogP contribution is 2.21. The van der Waals surface area contributed by atoms with Crippen molar-refractivity contribution >= 4 is 11.7 Å². The number of nitrogen functional groups attached to an aromatic ring is 1. The molecule has 1 fully saturated rings. The fourth-order valence-electron chi connectivity index (χ4n) is 2.19. The topological polar surface area (TPSA) is 77.2 Å². The van der Waals surface area contributed by atoms with E-state index in [1.807, 2.05) is 0 Å². The Morgan fingerprint density at radius 3 is 3.06 bits per heavy atom. The number of amides is 1. The predicted molar refractivity (Wildman–Crippen MR) is 64.6 cm³/mol. The summed E-state index contributed by atoms with van der Waals surface area (Å²) >= 11 is 0. The molecule has 1 aliphatic carbocycles. The lowest BCUT2D eigenvalue weighted by Crippen LogP contribution is -2.41. The predicted octanol–water partition coefficient (Wildman–Crippen LogP) is 0.961. The van der Waals surface area contributed by atoms with Crippen molar-refractivity contribution in [3.05, 3.63) is 23.9 Å². The first-order chi connectivity index (χ1) is 8.20. The summed E-state index contributed by atoms with van der Waals surface area (Å²) in [7, 11) is 1.67. The maximum absolute atomic E-state index is 11.9. The second kappa shape index (κ2) is 5.14. The zero-order valence-corrected chi connectivity index (χ0v) is 9.85. The van der Waals surface area contributed by atoms with Crippen molar-refractivity contribution in [2.75, 3.05) is 12.8 Å². The number of carbonyl (C=O) groups excluding carboxylic acids is 1. The molecule has 0 radical (unpaired) electrons. The number of nitrogens with zero attached hydrogens (tertiary/aromatic N) is 1. The molecule has 1 heterocycles. The van der Waals surface area contributed by atoms with Crippen molar-refractivity contribution in [2.45, 2.75) is 31.4 Å². The number of methoxy groups -OCH3 is 1. The van der Waals surface area contributed by atoms with E-state index in [0.717, 1.165) is 19.3 Å². The molecule has 92 valence electrons. The van der Waals surface area contributed by atoms with Gasteiger partial charge in [-0.2, -0.15) is 0 Å². The van der Waals surface area contributed by atoms with Gasteiger partial charge in [0.2, 0.25) is 0 Å². The summed E-state index contributed by atoms with van der Waals surface area (Å²) < 4.78 is 5.32. The van der Waals surface area contributed by atoms with Crippen molar-refractivity contribution in [3.8, 4) is 0 Å². The first-order valence-corrected chi connectivity index (χ1v) is 5.77. The zero-order chi connectivity index (χ0) is 12.3. The Morgan fingerprint density at radius 1 is 1.53 bits per heavy atom. The average molecular weight is 235 g/mol. The third-order valence-electron chi connectivity index (χ3n) is 3.08. The molecule has 1 aliphatic rings. The molecular weight excluding hydrogens is 218 g/mol. The van der Waals surface area contributed by atoms with Crippen LogP contribution in [-0.2, 0) is 4.74 Å². The highest BCUT2D eigenvalue weighted by atomic mass is 16.5. The van der Waals surface area contributed by atoms with Crippen LogP contribution < -0.4 is 11.1 Å². The van der Waals surface area contributed by atoms with Gasteiger partial charge in [0, 0.05) is 7.11 Å². The minimum absolute atomic E-state index is 0.0794. The molecule has 0 aromatic carbocycles. The van der Waals surface area contributed by atoms with Gasteiger partial charge in [-0.25, -0.2) is 4.98 Å². The third kappa shape index (κ3) is 2.74. The van der Waals surface area contributed by atoms with Crippen LogP contribution in [0.5, 0.6) is 0 Å². The standard InChI is InChI=1S/C12H17N3O2/c1-17-10-6-2-4-8(10)15-12(16)9-5-3-7-11(13)14-9/h3,5,7-8,10H,2,4,6H2,1H3,(H2,13,14)(H,15,16). The molecule has 17 heavy (non-hydrogen) atoms. The molecule has 1 aromatic heterocycles. The van der Waals surface area contributed by atoms with Gasteiger partial charge in [-0.3, -0.25) is 4.79 Å². The number of aromatic nitrogens is 1. The van der Waals surface area contributed by atoms with E-state index in [-0.39, 0.29) is 18.1 Å². The smallest absolute Gasteiger partial charge is 0.270 e. The van der Waals surface area contributed by atoms with Gasteiger partial charge < -0.3 is 15.8 Å².